The number of aliphatic imine (C=N–C) groups is 1. The molecule has 0 spiro atoms. The van der Waals surface area contributed by atoms with Crippen LogP contribution in [-0.4, -0.2) is 34.8 Å². The van der Waals surface area contributed by atoms with Gasteiger partial charge in [0.25, 0.3) is 0 Å². The minimum Gasteiger partial charge on any atom is -0.308 e. The van der Waals surface area contributed by atoms with Gasteiger partial charge < -0.3 is 9.13 Å². The van der Waals surface area contributed by atoms with E-state index in [1.807, 2.05) is 30.6 Å². The van der Waals surface area contributed by atoms with E-state index in [-0.39, 0.29) is 0 Å². The van der Waals surface area contributed by atoms with E-state index in [9.17, 15) is 0 Å². The summed E-state index contributed by atoms with van der Waals surface area (Å²) in [5, 5.41) is 2.21. The van der Waals surface area contributed by atoms with E-state index in [0.717, 1.165) is 72.2 Å². The summed E-state index contributed by atoms with van der Waals surface area (Å²) in [6, 6.07) is 31.8. The Bertz CT molecular complexity index is 2330. The van der Waals surface area contributed by atoms with Gasteiger partial charge in [-0.25, -0.2) is 9.98 Å². The third-order valence-electron chi connectivity index (χ3n) is 7.96. The van der Waals surface area contributed by atoms with E-state index in [1.54, 1.807) is 12.4 Å². The number of fused-ring (bicyclic) bond motifs is 7. The molecule has 5 aromatic heterocycles. The highest BCUT2D eigenvalue weighted by atomic mass is 15.0. The third kappa shape index (κ3) is 3.23. The molecule has 0 amide bonds. The highest BCUT2D eigenvalue weighted by molar-refractivity contribution is 6.17. The van der Waals surface area contributed by atoms with Crippen molar-refractivity contribution in [2.45, 2.75) is 6.42 Å². The van der Waals surface area contributed by atoms with Crippen molar-refractivity contribution in [3.05, 3.63) is 127 Å². The smallest absolute Gasteiger partial charge is 0.174 e. The molecule has 0 unspecified atom stereocenters. The minimum atomic E-state index is 0.693. The van der Waals surface area contributed by atoms with Crippen LogP contribution in [0.4, 0.5) is 5.82 Å². The quantitative estimate of drug-likeness (QED) is 0.245. The second-order valence-electron chi connectivity index (χ2n) is 10.2. The van der Waals surface area contributed by atoms with E-state index in [1.165, 1.54) is 0 Å². The molecule has 192 valence electrons. The predicted octanol–water partition coefficient (Wildman–Crippen LogP) is 7.14. The molecule has 0 aliphatic carbocycles. The molecule has 41 heavy (non-hydrogen) atoms. The van der Waals surface area contributed by atoms with Crippen molar-refractivity contribution < 1.29 is 0 Å². The van der Waals surface area contributed by atoms with E-state index in [2.05, 4.69) is 91.9 Å². The van der Waals surface area contributed by atoms with Gasteiger partial charge in [-0.3, -0.25) is 15.0 Å². The number of aromatic nitrogens is 6. The Morgan fingerprint density at radius 3 is 1.76 bits per heavy atom. The van der Waals surface area contributed by atoms with Gasteiger partial charge in [0.1, 0.15) is 0 Å². The van der Waals surface area contributed by atoms with Gasteiger partial charge in [-0.05, 0) is 66.2 Å². The van der Waals surface area contributed by atoms with Gasteiger partial charge in [-0.1, -0.05) is 30.3 Å². The van der Waals surface area contributed by atoms with E-state index < -0.39 is 0 Å². The summed E-state index contributed by atoms with van der Waals surface area (Å²) in [7, 11) is 0. The van der Waals surface area contributed by atoms with Crippen LogP contribution in [-0.2, 0) is 6.42 Å². The molecule has 0 atom stereocenters. The summed E-state index contributed by atoms with van der Waals surface area (Å²) in [6.07, 6.45) is 7.84. The van der Waals surface area contributed by atoms with Gasteiger partial charge in [0, 0.05) is 53.4 Å². The Morgan fingerprint density at radius 1 is 0.512 bits per heavy atom. The molecule has 8 aromatic rings. The molecule has 7 nitrogen and oxygen atoms in total. The Balaban J connectivity index is 1.28. The summed E-state index contributed by atoms with van der Waals surface area (Å²) in [5.41, 5.74) is 11.5. The van der Waals surface area contributed by atoms with Crippen LogP contribution in [0.15, 0.2) is 121 Å². The monoisotopic (exact) mass is 527 g/mol. The molecular weight excluding hydrogens is 506 g/mol. The minimum absolute atomic E-state index is 0.693. The van der Waals surface area contributed by atoms with E-state index in [0.29, 0.717) is 12.2 Å². The van der Waals surface area contributed by atoms with Gasteiger partial charge in [0.2, 0.25) is 0 Å². The molecule has 0 fully saturated rings. The molecule has 6 heterocycles. The Hall–Kier alpha value is -5.69. The predicted molar refractivity (Wildman–Crippen MR) is 163 cm³/mol. The molecular formula is C34H21N7. The largest absolute Gasteiger partial charge is 0.308 e. The maximum absolute atomic E-state index is 4.84. The summed E-state index contributed by atoms with van der Waals surface area (Å²) in [5.74, 6) is 0.715. The second kappa shape index (κ2) is 8.40. The average molecular weight is 528 g/mol. The van der Waals surface area contributed by atoms with Crippen molar-refractivity contribution in [2.24, 2.45) is 4.99 Å². The zero-order valence-electron chi connectivity index (χ0n) is 21.8. The first-order chi connectivity index (χ1) is 20.3. The van der Waals surface area contributed by atoms with Crippen molar-refractivity contribution in [3.8, 4) is 11.4 Å². The number of para-hydroxylation sites is 1. The first kappa shape index (κ1) is 22.2. The fourth-order valence-corrected chi connectivity index (χ4v) is 6.16. The van der Waals surface area contributed by atoms with Gasteiger partial charge in [0.05, 0.1) is 44.5 Å². The Labute approximate surface area is 234 Å². The average Bonchev–Trinajstić information content (AvgIpc) is 3.71. The molecule has 1 aliphatic heterocycles. The molecule has 0 N–H and O–H groups in total. The number of pyridine rings is 2. The van der Waals surface area contributed by atoms with Gasteiger partial charge in [-0.15, -0.1) is 0 Å². The second-order valence-corrected chi connectivity index (χ2v) is 10.2. The fourth-order valence-electron chi connectivity index (χ4n) is 6.16. The topological polar surface area (TPSA) is 73.8 Å². The van der Waals surface area contributed by atoms with Crippen LogP contribution < -0.4 is 0 Å². The molecule has 0 radical (unpaired) electrons. The number of nitrogens with zero attached hydrogens (tertiary/aromatic N) is 7. The number of benzene rings is 3. The zero-order valence-corrected chi connectivity index (χ0v) is 21.8. The molecule has 9 rings (SSSR count). The standard InChI is InChI=1S/C34H21N7/c1-2-6-22(7-3-1)40-28-8-4-14-36-32(28)24-19-31-25(18-30(24)40)33-29(9-5-15-37-33)41(31)23-12-10-21(11-13-23)26-20-27-34(39-26)38-17-16-35-27/h1-19H,20H2. The third-order valence-corrected chi connectivity index (χ3v) is 7.96. The molecule has 0 saturated heterocycles. The highest BCUT2D eigenvalue weighted by Gasteiger charge is 2.21. The van der Waals surface area contributed by atoms with Gasteiger partial charge >= 0.3 is 0 Å². The maximum atomic E-state index is 4.84. The van der Waals surface area contributed by atoms with Crippen LogP contribution in [0.1, 0.15) is 11.3 Å². The summed E-state index contributed by atoms with van der Waals surface area (Å²) in [6.45, 7) is 0. The lowest BCUT2D eigenvalue weighted by Crippen LogP contribution is -2.02. The van der Waals surface area contributed by atoms with Crippen LogP contribution >= 0.6 is 0 Å². The summed E-state index contributed by atoms with van der Waals surface area (Å²) < 4.78 is 4.59. The van der Waals surface area contributed by atoms with Crippen molar-refractivity contribution >= 4 is 55.4 Å². The summed E-state index contributed by atoms with van der Waals surface area (Å²) in [4.78, 5) is 23.2. The molecule has 7 heteroatoms. The van der Waals surface area contributed by atoms with Crippen LogP contribution in [0.2, 0.25) is 0 Å². The van der Waals surface area contributed by atoms with Crippen molar-refractivity contribution in [1.29, 1.82) is 0 Å². The lowest BCUT2D eigenvalue weighted by molar-refractivity contribution is 1.11. The zero-order chi connectivity index (χ0) is 26.9. The van der Waals surface area contributed by atoms with Crippen LogP contribution in [0, 0.1) is 0 Å². The Morgan fingerprint density at radius 2 is 1.12 bits per heavy atom. The normalized spacial score (nSPS) is 12.9. The van der Waals surface area contributed by atoms with Gasteiger partial charge in [0.15, 0.2) is 5.82 Å². The number of rotatable bonds is 3. The highest BCUT2D eigenvalue weighted by Crippen LogP contribution is 2.38. The fraction of sp³-hybridized carbons (Fsp3) is 0.0294. The van der Waals surface area contributed by atoms with E-state index in [4.69, 9.17) is 15.0 Å². The first-order valence-corrected chi connectivity index (χ1v) is 13.6. The lowest BCUT2D eigenvalue weighted by atomic mass is 10.1. The van der Waals surface area contributed by atoms with Crippen molar-refractivity contribution in [3.63, 3.8) is 0 Å². The lowest BCUT2D eigenvalue weighted by Gasteiger charge is -2.10. The molecule has 1 aliphatic rings. The SMILES string of the molecule is c1ccc(-n2c3cc4c5ncccc5n(-c5ccc(C6=Nc7nccnc7C6)cc5)c4cc3c3ncccc32)cc1. The van der Waals surface area contributed by atoms with Crippen molar-refractivity contribution in [2.75, 3.05) is 0 Å². The maximum Gasteiger partial charge on any atom is 0.174 e. The number of hydrogen-bond donors (Lipinski definition) is 0. The van der Waals surface area contributed by atoms with E-state index >= 15 is 0 Å². The summed E-state index contributed by atoms with van der Waals surface area (Å²) >= 11 is 0. The number of hydrogen-bond acceptors (Lipinski definition) is 5. The first-order valence-electron chi connectivity index (χ1n) is 13.6. The van der Waals surface area contributed by atoms with Crippen molar-refractivity contribution in [1.82, 2.24) is 29.1 Å². The van der Waals surface area contributed by atoms with Crippen LogP contribution in [0.25, 0.3) is 55.2 Å². The van der Waals surface area contributed by atoms with Gasteiger partial charge in [-0.2, -0.15) is 0 Å². The van der Waals surface area contributed by atoms with Crippen LogP contribution in [0.3, 0.4) is 0 Å². The molecule has 3 aromatic carbocycles. The van der Waals surface area contributed by atoms with Crippen LogP contribution in [0.5, 0.6) is 0 Å². The Kier molecular flexibility index (Phi) is 4.54. The molecule has 0 bridgehead atoms. The molecule has 0 saturated carbocycles.